The first kappa shape index (κ1) is 23.5. The molecule has 5 nitrogen and oxygen atoms in total. The Bertz CT molecular complexity index is 1410. The maximum Gasteiger partial charge on any atom is 0.326 e. The van der Waals surface area contributed by atoms with Crippen molar-refractivity contribution in [1.29, 1.82) is 0 Å². The lowest BCUT2D eigenvalue weighted by molar-refractivity contribution is 0.240. The molecule has 1 amide bonds. The standard InChI is InChI=1S/C27H23Cl2FN4O/c28-22-4-1-5-24-26(22)21-17-33(13-2-3-18-6-8-20(30)9-7-18)14-11-23(21)34(24)27(35)32-16-19-10-12-31-25(29)15-19/h1-10,12,15H,11,13-14,16-17H2,(H,32,35). The van der Waals surface area contributed by atoms with Crippen LogP contribution in [0.25, 0.3) is 17.0 Å². The predicted molar refractivity (Wildman–Crippen MR) is 138 cm³/mol. The highest BCUT2D eigenvalue weighted by Crippen LogP contribution is 2.35. The van der Waals surface area contributed by atoms with E-state index in [0.717, 1.165) is 52.8 Å². The average molecular weight is 509 g/mol. The fourth-order valence-electron chi connectivity index (χ4n) is 4.53. The largest absolute Gasteiger partial charge is 0.333 e. The first-order chi connectivity index (χ1) is 17.0. The molecule has 35 heavy (non-hydrogen) atoms. The van der Waals surface area contributed by atoms with Crippen LogP contribution in [0.3, 0.4) is 0 Å². The normalized spacial score (nSPS) is 13.9. The van der Waals surface area contributed by atoms with Crippen molar-refractivity contribution >= 4 is 46.2 Å². The van der Waals surface area contributed by atoms with E-state index in [-0.39, 0.29) is 11.8 Å². The summed E-state index contributed by atoms with van der Waals surface area (Å²) in [5.41, 5.74) is 4.69. The Kier molecular flexibility index (Phi) is 6.86. The zero-order chi connectivity index (χ0) is 24.4. The Morgan fingerprint density at radius 3 is 2.77 bits per heavy atom. The molecular formula is C27H23Cl2FN4O. The van der Waals surface area contributed by atoms with Crippen LogP contribution in [-0.4, -0.2) is 33.6 Å². The van der Waals surface area contributed by atoms with Crippen LogP contribution in [0.5, 0.6) is 0 Å². The van der Waals surface area contributed by atoms with Gasteiger partial charge in [-0.25, -0.2) is 14.2 Å². The number of carbonyl (C=O) groups is 1. The summed E-state index contributed by atoms with van der Waals surface area (Å²) in [6.45, 7) is 2.57. The smallest absolute Gasteiger partial charge is 0.326 e. The number of amides is 1. The van der Waals surface area contributed by atoms with Gasteiger partial charge >= 0.3 is 6.03 Å². The summed E-state index contributed by atoms with van der Waals surface area (Å²) in [5.74, 6) is -0.243. The minimum Gasteiger partial charge on any atom is -0.333 e. The van der Waals surface area contributed by atoms with Gasteiger partial charge in [0.1, 0.15) is 11.0 Å². The second-order valence-corrected chi connectivity index (χ2v) is 9.27. The van der Waals surface area contributed by atoms with Gasteiger partial charge in [0.2, 0.25) is 0 Å². The number of hydrogen-bond acceptors (Lipinski definition) is 3. The lowest BCUT2D eigenvalue weighted by Crippen LogP contribution is -2.34. The number of nitrogens with one attached hydrogen (secondary N) is 1. The Morgan fingerprint density at radius 2 is 1.97 bits per heavy atom. The van der Waals surface area contributed by atoms with E-state index in [1.165, 1.54) is 12.1 Å². The van der Waals surface area contributed by atoms with Crippen LogP contribution in [-0.2, 0) is 19.5 Å². The van der Waals surface area contributed by atoms with E-state index in [9.17, 15) is 9.18 Å². The molecule has 0 spiro atoms. The zero-order valence-corrected chi connectivity index (χ0v) is 20.4. The molecule has 1 aliphatic rings. The highest BCUT2D eigenvalue weighted by molar-refractivity contribution is 6.36. The number of aromatic nitrogens is 2. The number of carbonyl (C=O) groups excluding carboxylic acids is 1. The van der Waals surface area contributed by atoms with Crippen molar-refractivity contribution in [2.45, 2.75) is 19.5 Å². The molecule has 0 saturated heterocycles. The third kappa shape index (κ3) is 5.10. The van der Waals surface area contributed by atoms with Crippen LogP contribution in [0.15, 0.2) is 66.9 Å². The molecule has 8 heteroatoms. The van der Waals surface area contributed by atoms with Crippen molar-refractivity contribution in [2.75, 3.05) is 13.1 Å². The summed E-state index contributed by atoms with van der Waals surface area (Å²) >= 11 is 12.6. The van der Waals surface area contributed by atoms with Gasteiger partial charge in [0, 0.05) is 49.9 Å². The summed E-state index contributed by atoms with van der Waals surface area (Å²) in [7, 11) is 0. The van der Waals surface area contributed by atoms with Crippen molar-refractivity contribution in [2.24, 2.45) is 0 Å². The fraction of sp³-hybridized carbons (Fsp3) is 0.185. The van der Waals surface area contributed by atoms with Crippen LogP contribution >= 0.6 is 23.2 Å². The number of rotatable bonds is 5. The maximum atomic E-state index is 13.3. The molecule has 2 aromatic carbocycles. The molecular weight excluding hydrogens is 486 g/mol. The van der Waals surface area contributed by atoms with Crippen LogP contribution in [0.2, 0.25) is 10.2 Å². The van der Waals surface area contributed by atoms with Crippen LogP contribution in [0, 0.1) is 5.82 Å². The van der Waals surface area contributed by atoms with Gasteiger partial charge in [0.25, 0.3) is 0 Å². The topological polar surface area (TPSA) is 50.2 Å². The lowest BCUT2D eigenvalue weighted by Gasteiger charge is -2.27. The third-order valence-electron chi connectivity index (χ3n) is 6.18. The second-order valence-electron chi connectivity index (χ2n) is 8.48. The van der Waals surface area contributed by atoms with E-state index in [1.54, 1.807) is 29.0 Å². The SMILES string of the molecule is O=C(NCc1ccnc(Cl)c1)n1c2c(c3c(Cl)cccc31)CN(CC=Cc1ccc(F)cc1)CC2. The van der Waals surface area contributed by atoms with Crippen molar-refractivity contribution < 1.29 is 9.18 Å². The van der Waals surface area contributed by atoms with Crippen LogP contribution < -0.4 is 5.32 Å². The first-order valence-electron chi connectivity index (χ1n) is 11.3. The van der Waals surface area contributed by atoms with Gasteiger partial charge in [0.15, 0.2) is 0 Å². The van der Waals surface area contributed by atoms with E-state index < -0.39 is 0 Å². The second kappa shape index (κ2) is 10.2. The Labute approximate surface area is 212 Å². The van der Waals surface area contributed by atoms with Crippen molar-refractivity contribution in [3.05, 3.63) is 105 Å². The van der Waals surface area contributed by atoms with Crippen molar-refractivity contribution in [3.63, 3.8) is 0 Å². The van der Waals surface area contributed by atoms with Crippen molar-refractivity contribution in [1.82, 2.24) is 19.8 Å². The monoisotopic (exact) mass is 508 g/mol. The van der Waals surface area contributed by atoms with E-state index in [4.69, 9.17) is 23.2 Å². The quantitative estimate of drug-likeness (QED) is 0.321. The van der Waals surface area contributed by atoms with Crippen LogP contribution in [0.4, 0.5) is 9.18 Å². The highest BCUT2D eigenvalue weighted by Gasteiger charge is 2.27. The molecule has 0 saturated carbocycles. The number of nitrogens with zero attached hydrogens (tertiary/aromatic N) is 3. The molecule has 0 bridgehead atoms. The molecule has 4 aromatic rings. The van der Waals surface area contributed by atoms with Gasteiger partial charge in [-0.15, -0.1) is 0 Å². The van der Waals surface area contributed by atoms with Gasteiger partial charge < -0.3 is 5.32 Å². The molecule has 0 fully saturated rings. The molecule has 2 aromatic heterocycles. The molecule has 5 rings (SSSR count). The van der Waals surface area contributed by atoms with Crippen LogP contribution in [0.1, 0.15) is 22.4 Å². The van der Waals surface area contributed by atoms with Crippen molar-refractivity contribution in [3.8, 4) is 0 Å². The Balaban J connectivity index is 1.37. The number of fused-ring (bicyclic) bond motifs is 3. The van der Waals surface area contributed by atoms with E-state index in [2.05, 4.69) is 21.3 Å². The molecule has 0 aliphatic carbocycles. The molecule has 0 radical (unpaired) electrons. The van der Waals surface area contributed by atoms with E-state index in [0.29, 0.717) is 23.3 Å². The highest BCUT2D eigenvalue weighted by atomic mass is 35.5. The minimum atomic E-state index is -0.243. The Morgan fingerprint density at radius 1 is 1.14 bits per heavy atom. The Hall–Kier alpha value is -3.19. The molecule has 0 unspecified atom stereocenters. The van der Waals surface area contributed by atoms with E-state index in [1.807, 2.05) is 30.3 Å². The summed E-state index contributed by atoms with van der Waals surface area (Å²) in [6, 6.07) is 15.4. The first-order valence-corrected chi connectivity index (χ1v) is 12.1. The summed E-state index contributed by atoms with van der Waals surface area (Å²) in [4.78, 5) is 19.6. The molecule has 1 N–H and O–H groups in total. The minimum absolute atomic E-state index is 0.198. The van der Waals surface area contributed by atoms with Gasteiger partial charge in [-0.3, -0.25) is 9.47 Å². The van der Waals surface area contributed by atoms with Gasteiger partial charge in [-0.1, -0.05) is 53.6 Å². The molecule has 3 heterocycles. The molecule has 1 aliphatic heterocycles. The fourth-order valence-corrected chi connectivity index (χ4v) is 5.01. The van der Waals surface area contributed by atoms with Gasteiger partial charge in [-0.2, -0.15) is 0 Å². The third-order valence-corrected chi connectivity index (χ3v) is 6.70. The lowest BCUT2D eigenvalue weighted by atomic mass is 10.0. The number of benzene rings is 2. The molecule has 178 valence electrons. The zero-order valence-electron chi connectivity index (χ0n) is 18.8. The summed E-state index contributed by atoms with van der Waals surface area (Å²) in [5, 5.41) is 4.94. The van der Waals surface area contributed by atoms with Gasteiger partial charge in [-0.05, 0) is 53.1 Å². The predicted octanol–water partition coefficient (Wildman–Crippen LogP) is 6.31. The maximum absolute atomic E-state index is 13.3. The van der Waals surface area contributed by atoms with Gasteiger partial charge in [0.05, 0.1) is 10.5 Å². The van der Waals surface area contributed by atoms with E-state index >= 15 is 0 Å². The number of pyridine rings is 1. The molecule has 0 atom stereocenters. The number of hydrogen-bond donors (Lipinski definition) is 1. The summed E-state index contributed by atoms with van der Waals surface area (Å²) in [6.07, 6.45) is 6.41. The number of halogens is 3. The summed E-state index contributed by atoms with van der Waals surface area (Å²) < 4.78 is 14.9. The average Bonchev–Trinajstić information content (AvgIpc) is 3.19.